The smallest absolute Gasteiger partial charge is 0.259 e. The Morgan fingerprint density at radius 1 is 0.750 bits per heavy atom. The van der Waals surface area contributed by atoms with Crippen molar-refractivity contribution < 1.29 is 14.0 Å². The molecule has 1 saturated heterocycles. The topological polar surface area (TPSA) is 43.9 Å². The standard InChI is InChI=1S/C26H24FN3O2/c27-21-11-5-7-13-23(21)28-14-16-29(17-15-28)26(32)24-18-20-10-4-6-12-22(20)30(24)25(31)19-8-2-1-3-9-19/h1-13,24H,14-18H2/t24-/m0/s1. The highest BCUT2D eigenvalue weighted by atomic mass is 19.1. The minimum atomic E-state index is -0.569. The molecular weight excluding hydrogens is 405 g/mol. The molecule has 5 rings (SSSR count). The van der Waals surface area contributed by atoms with Gasteiger partial charge in [0.1, 0.15) is 11.9 Å². The maximum Gasteiger partial charge on any atom is 0.259 e. The second kappa shape index (κ2) is 8.46. The number of piperazine rings is 1. The van der Waals surface area contributed by atoms with Crippen molar-refractivity contribution in [1.82, 2.24) is 4.90 Å². The van der Waals surface area contributed by atoms with Crippen LogP contribution in [0.2, 0.25) is 0 Å². The van der Waals surface area contributed by atoms with Crippen LogP contribution >= 0.6 is 0 Å². The van der Waals surface area contributed by atoms with E-state index >= 15 is 0 Å². The van der Waals surface area contributed by atoms with E-state index in [1.54, 1.807) is 34.1 Å². The molecule has 3 aromatic carbocycles. The van der Waals surface area contributed by atoms with E-state index < -0.39 is 6.04 Å². The minimum Gasteiger partial charge on any atom is -0.366 e. The van der Waals surface area contributed by atoms with E-state index in [4.69, 9.17) is 0 Å². The van der Waals surface area contributed by atoms with Crippen molar-refractivity contribution in [2.24, 2.45) is 0 Å². The minimum absolute atomic E-state index is 0.0568. The first-order valence-corrected chi connectivity index (χ1v) is 10.9. The summed E-state index contributed by atoms with van der Waals surface area (Å²) in [6.07, 6.45) is 0.501. The Hall–Kier alpha value is -3.67. The Morgan fingerprint density at radius 2 is 1.38 bits per heavy atom. The third kappa shape index (κ3) is 3.62. The summed E-state index contributed by atoms with van der Waals surface area (Å²) in [5, 5.41) is 0. The van der Waals surface area contributed by atoms with E-state index in [9.17, 15) is 14.0 Å². The molecule has 0 aromatic heterocycles. The molecular formula is C26H24FN3O2. The van der Waals surface area contributed by atoms with Crippen molar-refractivity contribution in [2.75, 3.05) is 36.0 Å². The van der Waals surface area contributed by atoms with E-state index in [1.165, 1.54) is 6.07 Å². The van der Waals surface area contributed by atoms with E-state index in [-0.39, 0.29) is 17.6 Å². The van der Waals surface area contributed by atoms with Crippen molar-refractivity contribution >= 4 is 23.2 Å². The van der Waals surface area contributed by atoms with Crippen molar-refractivity contribution in [3.05, 3.63) is 95.8 Å². The molecule has 0 bridgehead atoms. The zero-order chi connectivity index (χ0) is 22.1. The summed E-state index contributed by atoms with van der Waals surface area (Å²) in [6, 6.07) is 22.9. The van der Waals surface area contributed by atoms with Crippen molar-refractivity contribution in [1.29, 1.82) is 0 Å². The van der Waals surface area contributed by atoms with Gasteiger partial charge in [0.05, 0.1) is 5.69 Å². The molecule has 6 heteroatoms. The van der Waals surface area contributed by atoms with Gasteiger partial charge < -0.3 is 9.80 Å². The van der Waals surface area contributed by atoms with E-state index in [1.807, 2.05) is 53.4 Å². The fraction of sp³-hybridized carbons (Fsp3) is 0.231. The molecule has 1 fully saturated rings. The summed E-state index contributed by atoms with van der Waals surface area (Å²) in [5.74, 6) is -0.476. The van der Waals surface area contributed by atoms with Gasteiger partial charge in [-0.15, -0.1) is 0 Å². The summed E-state index contributed by atoms with van der Waals surface area (Å²) in [7, 11) is 0. The summed E-state index contributed by atoms with van der Waals surface area (Å²) < 4.78 is 14.2. The van der Waals surface area contributed by atoms with Crippen LogP contribution in [-0.4, -0.2) is 48.9 Å². The van der Waals surface area contributed by atoms with Gasteiger partial charge in [-0.1, -0.05) is 48.5 Å². The summed E-state index contributed by atoms with van der Waals surface area (Å²) >= 11 is 0. The molecule has 0 aliphatic carbocycles. The Morgan fingerprint density at radius 3 is 2.09 bits per heavy atom. The Labute approximate surface area is 186 Å². The summed E-state index contributed by atoms with van der Waals surface area (Å²) in [4.78, 5) is 32.4. The van der Waals surface area contributed by atoms with Gasteiger partial charge in [0.2, 0.25) is 5.91 Å². The molecule has 2 amide bonds. The maximum absolute atomic E-state index is 14.2. The van der Waals surface area contributed by atoms with Crippen molar-refractivity contribution in [3.8, 4) is 0 Å². The number of rotatable bonds is 3. The second-order valence-corrected chi connectivity index (χ2v) is 8.15. The molecule has 2 aliphatic heterocycles. The van der Waals surface area contributed by atoms with Gasteiger partial charge in [-0.25, -0.2) is 4.39 Å². The summed E-state index contributed by atoms with van der Waals surface area (Å²) in [5.41, 5.74) is 2.92. The van der Waals surface area contributed by atoms with E-state index in [2.05, 4.69) is 0 Å². The Bertz CT molecular complexity index is 1140. The maximum atomic E-state index is 14.2. The van der Waals surface area contributed by atoms with Gasteiger partial charge in [0.25, 0.3) is 5.91 Å². The van der Waals surface area contributed by atoms with Gasteiger partial charge in [-0.05, 0) is 35.9 Å². The van der Waals surface area contributed by atoms with Gasteiger partial charge >= 0.3 is 0 Å². The summed E-state index contributed by atoms with van der Waals surface area (Å²) in [6.45, 7) is 2.10. The number of benzene rings is 3. The van der Waals surface area contributed by atoms with E-state index in [0.29, 0.717) is 43.9 Å². The third-order valence-corrected chi connectivity index (χ3v) is 6.29. The first-order chi connectivity index (χ1) is 15.6. The lowest BCUT2D eigenvalue weighted by Crippen LogP contribution is -2.55. The average Bonchev–Trinajstić information content (AvgIpc) is 3.24. The number of carbonyl (C=O) groups is 2. The number of fused-ring (bicyclic) bond motifs is 1. The van der Waals surface area contributed by atoms with Crippen molar-refractivity contribution in [2.45, 2.75) is 12.5 Å². The van der Waals surface area contributed by atoms with Crippen LogP contribution in [0.25, 0.3) is 0 Å². The predicted molar refractivity (Wildman–Crippen MR) is 122 cm³/mol. The second-order valence-electron chi connectivity index (χ2n) is 8.15. The molecule has 2 aliphatic rings. The molecule has 3 aromatic rings. The molecule has 1 atom stereocenters. The molecule has 0 saturated carbocycles. The normalized spacial score (nSPS) is 17.9. The van der Waals surface area contributed by atoms with Crippen LogP contribution in [0.15, 0.2) is 78.9 Å². The third-order valence-electron chi connectivity index (χ3n) is 6.29. The van der Waals surface area contributed by atoms with Crippen LogP contribution in [0.4, 0.5) is 15.8 Å². The number of hydrogen-bond acceptors (Lipinski definition) is 3. The molecule has 2 heterocycles. The van der Waals surface area contributed by atoms with Gasteiger partial charge in [-0.3, -0.25) is 14.5 Å². The molecule has 162 valence electrons. The molecule has 0 N–H and O–H groups in total. The largest absolute Gasteiger partial charge is 0.366 e. The fourth-order valence-corrected chi connectivity index (χ4v) is 4.64. The molecule has 0 spiro atoms. The number of nitrogens with zero attached hydrogens (tertiary/aromatic N) is 3. The highest BCUT2D eigenvalue weighted by molar-refractivity contribution is 6.11. The van der Waals surface area contributed by atoms with Crippen LogP contribution in [0.5, 0.6) is 0 Å². The number of anilines is 2. The Balaban J connectivity index is 1.36. The Kier molecular flexibility index (Phi) is 5.35. The predicted octanol–water partition coefficient (Wildman–Crippen LogP) is 3.75. The SMILES string of the molecule is O=C([C@@H]1Cc2ccccc2N1C(=O)c1ccccc1)N1CCN(c2ccccc2F)CC1. The highest BCUT2D eigenvalue weighted by Gasteiger charge is 2.41. The number of carbonyl (C=O) groups excluding carboxylic acids is 2. The number of para-hydroxylation sites is 2. The lowest BCUT2D eigenvalue weighted by atomic mass is 10.1. The lowest BCUT2D eigenvalue weighted by Gasteiger charge is -2.38. The van der Waals surface area contributed by atoms with Gasteiger partial charge in [-0.2, -0.15) is 0 Å². The molecule has 5 nitrogen and oxygen atoms in total. The lowest BCUT2D eigenvalue weighted by molar-refractivity contribution is -0.132. The zero-order valence-corrected chi connectivity index (χ0v) is 17.7. The molecule has 32 heavy (non-hydrogen) atoms. The quantitative estimate of drug-likeness (QED) is 0.637. The van der Waals surface area contributed by atoms with Crippen LogP contribution in [0, 0.1) is 5.82 Å². The van der Waals surface area contributed by atoms with E-state index in [0.717, 1.165) is 11.3 Å². The first kappa shape index (κ1) is 20.2. The number of hydrogen-bond donors (Lipinski definition) is 0. The van der Waals surface area contributed by atoms with Crippen molar-refractivity contribution in [3.63, 3.8) is 0 Å². The van der Waals surface area contributed by atoms with Crippen LogP contribution in [0.1, 0.15) is 15.9 Å². The van der Waals surface area contributed by atoms with Crippen LogP contribution in [0.3, 0.4) is 0 Å². The van der Waals surface area contributed by atoms with Crippen LogP contribution in [-0.2, 0) is 11.2 Å². The molecule has 0 radical (unpaired) electrons. The highest BCUT2D eigenvalue weighted by Crippen LogP contribution is 2.34. The average molecular weight is 429 g/mol. The number of amides is 2. The first-order valence-electron chi connectivity index (χ1n) is 10.9. The number of halogens is 1. The fourth-order valence-electron chi connectivity index (χ4n) is 4.64. The van der Waals surface area contributed by atoms with Crippen LogP contribution < -0.4 is 9.80 Å². The molecule has 0 unspecified atom stereocenters. The van der Waals surface area contributed by atoms with Gasteiger partial charge in [0, 0.05) is 43.9 Å². The monoisotopic (exact) mass is 429 g/mol. The zero-order valence-electron chi connectivity index (χ0n) is 17.7. The van der Waals surface area contributed by atoms with Gasteiger partial charge in [0.15, 0.2) is 0 Å².